The molecule has 2 aromatic rings. The van der Waals surface area contributed by atoms with Gasteiger partial charge in [0.15, 0.2) is 0 Å². The molecule has 1 saturated heterocycles. The summed E-state index contributed by atoms with van der Waals surface area (Å²) in [5.74, 6) is 2.41. The molecule has 1 aliphatic heterocycles. The third-order valence-electron chi connectivity index (χ3n) is 3.34. The molecule has 1 unspecified atom stereocenters. The van der Waals surface area contributed by atoms with Gasteiger partial charge in [0, 0.05) is 18.8 Å². The van der Waals surface area contributed by atoms with Crippen LogP contribution in [0.2, 0.25) is 0 Å². The Balaban J connectivity index is 1.86. The Labute approximate surface area is 100 Å². The van der Waals surface area contributed by atoms with Crippen molar-refractivity contribution in [2.75, 3.05) is 13.1 Å². The van der Waals surface area contributed by atoms with Crippen LogP contribution < -0.4 is 5.32 Å². The molecule has 0 amide bonds. The van der Waals surface area contributed by atoms with Gasteiger partial charge in [0.05, 0.1) is 0 Å². The summed E-state index contributed by atoms with van der Waals surface area (Å²) in [6.45, 7) is 4.28. The van der Waals surface area contributed by atoms with Crippen molar-refractivity contribution in [2.45, 2.75) is 26.2 Å². The Kier molecular flexibility index (Phi) is 2.76. The van der Waals surface area contributed by atoms with Crippen LogP contribution >= 0.6 is 0 Å². The van der Waals surface area contributed by atoms with Crippen molar-refractivity contribution in [1.82, 2.24) is 24.9 Å². The van der Waals surface area contributed by atoms with E-state index in [1.807, 2.05) is 17.5 Å². The zero-order valence-electron chi connectivity index (χ0n) is 10.1. The van der Waals surface area contributed by atoms with Crippen molar-refractivity contribution in [1.29, 1.82) is 0 Å². The summed E-state index contributed by atoms with van der Waals surface area (Å²) in [6.07, 6.45) is 7.42. The van der Waals surface area contributed by atoms with Crippen LogP contribution in [0.15, 0.2) is 12.4 Å². The van der Waals surface area contributed by atoms with E-state index in [1.54, 1.807) is 0 Å². The van der Waals surface area contributed by atoms with Crippen LogP contribution in [0.3, 0.4) is 0 Å². The van der Waals surface area contributed by atoms with E-state index < -0.39 is 0 Å². The quantitative estimate of drug-likeness (QED) is 0.837. The van der Waals surface area contributed by atoms with E-state index in [0.29, 0.717) is 11.7 Å². The number of rotatable bonds is 2. The number of hydrogen-bond acceptors (Lipinski definition) is 4. The van der Waals surface area contributed by atoms with Crippen LogP contribution in [0.5, 0.6) is 0 Å². The van der Waals surface area contributed by atoms with Gasteiger partial charge >= 0.3 is 0 Å². The molecule has 0 saturated carbocycles. The highest BCUT2D eigenvalue weighted by Gasteiger charge is 2.16. The molecule has 0 bridgehead atoms. The van der Waals surface area contributed by atoms with Crippen LogP contribution in [0.25, 0.3) is 5.78 Å². The fourth-order valence-corrected chi connectivity index (χ4v) is 2.43. The third-order valence-corrected chi connectivity index (χ3v) is 3.34. The number of aromatic nitrogens is 4. The molecule has 0 radical (unpaired) electrons. The summed E-state index contributed by atoms with van der Waals surface area (Å²) in [7, 11) is 0. The van der Waals surface area contributed by atoms with Gasteiger partial charge in [0.1, 0.15) is 5.82 Å². The fourth-order valence-electron chi connectivity index (χ4n) is 2.43. The third kappa shape index (κ3) is 2.15. The second kappa shape index (κ2) is 4.41. The first-order chi connectivity index (χ1) is 8.33. The molecule has 0 aliphatic carbocycles. The lowest BCUT2D eigenvalue weighted by molar-refractivity contribution is 0.370. The Hall–Kier alpha value is -1.49. The van der Waals surface area contributed by atoms with Gasteiger partial charge in [0.2, 0.25) is 0 Å². The maximum atomic E-state index is 4.27. The Morgan fingerprint density at radius 1 is 1.47 bits per heavy atom. The zero-order chi connectivity index (χ0) is 11.7. The lowest BCUT2D eigenvalue weighted by Crippen LogP contribution is -2.31. The van der Waals surface area contributed by atoms with Gasteiger partial charge in [0.25, 0.3) is 5.78 Å². The van der Waals surface area contributed by atoms with Crippen molar-refractivity contribution in [2.24, 2.45) is 5.92 Å². The normalized spacial score (nSPS) is 20.9. The monoisotopic (exact) mass is 231 g/mol. The highest BCUT2D eigenvalue weighted by molar-refractivity contribution is 5.28. The molecule has 0 aromatic carbocycles. The van der Waals surface area contributed by atoms with Crippen molar-refractivity contribution in [3.8, 4) is 0 Å². The molecular weight excluding hydrogens is 214 g/mol. The summed E-state index contributed by atoms with van der Waals surface area (Å²) in [4.78, 5) is 4.27. The van der Waals surface area contributed by atoms with Crippen molar-refractivity contribution in [3.63, 3.8) is 0 Å². The van der Waals surface area contributed by atoms with Gasteiger partial charge < -0.3 is 5.32 Å². The number of fused-ring (bicyclic) bond motifs is 1. The molecule has 17 heavy (non-hydrogen) atoms. The molecule has 3 rings (SSSR count). The molecule has 5 nitrogen and oxygen atoms in total. The Bertz CT molecular complexity index is 513. The van der Waals surface area contributed by atoms with Crippen LogP contribution in [-0.4, -0.2) is 32.7 Å². The van der Waals surface area contributed by atoms with Gasteiger partial charge in [-0.25, -0.2) is 4.98 Å². The molecule has 2 aromatic heterocycles. The van der Waals surface area contributed by atoms with Gasteiger partial charge in [-0.2, -0.15) is 0 Å². The van der Waals surface area contributed by atoms with E-state index in [0.717, 1.165) is 30.9 Å². The van der Waals surface area contributed by atoms with Gasteiger partial charge in [-0.3, -0.25) is 4.40 Å². The van der Waals surface area contributed by atoms with E-state index in [4.69, 9.17) is 0 Å². The first-order valence-electron chi connectivity index (χ1n) is 6.20. The minimum atomic E-state index is 0.677. The number of nitrogens with one attached hydrogen (secondary N) is 1. The number of nitrogens with zero attached hydrogens (tertiary/aromatic N) is 4. The fraction of sp³-hybridized carbons (Fsp3) is 0.583. The molecule has 3 heterocycles. The van der Waals surface area contributed by atoms with E-state index >= 15 is 0 Å². The summed E-state index contributed by atoms with van der Waals surface area (Å²) >= 11 is 0. The summed E-state index contributed by atoms with van der Waals surface area (Å²) in [6, 6.07) is 0. The minimum absolute atomic E-state index is 0.677. The van der Waals surface area contributed by atoms with Crippen LogP contribution in [0.1, 0.15) is 24.2 Å². The zero-order valence-corrected chi connectivity index (χ0v) is 10.1. The molecule has 0 spiro atoms. The highest BCUT2D eigenvalue weighted by Crippen LogP contribution is 2.15. The van der Waals surface area contributed by atoms with Crippen molar-refractivity contribution in [3.05, 3.63) is 23.8 Å². The van der Waals surface area contributed by atoms with E-state index in [2.05, 4.69) is 26.7 Å². The van der Waals surface area contributed by atoms with E-state index in [-0.39, 0.29) is 0 Å². The number of piperidine rings is 1. The standard InChI is InChI=1S/C12H17N5/c1-9-6-14-12-16-15-11(17(12)8-9)5-10-3-2-4-13-7-10/h6,8,10,13H,2-5,7H2,1H3. The predicted molar refractivity (Wildman–Crippen MR) is 64.8 cm³/mol. The first kappa shape index (κ1) is 10.7. The largest absolute Gasteiger partial charge is 0.316 e. The highest BCUT2D eigenvalue weighted by atomic mass is 15.3. The average Bonchev–Trinajstić information content (AvgIpc) is 2.73. The lowest BCUT2D eigenvalue weighted by Gasteiger charge is -2.21. The van der Waals surface area contributed by atoms with Gasteiger partial charge in [-0.05, 0) is 44.3 Å². The first-order valence-corrected chi connectivity index (χ1v) is 6.20. The van der Waals surface area contributed by atoms with Crippen molar-refractivity contribution < 1.29 is 0 Å². The van der Waals surface area contributed by atoms with E-state index in [1.165, 1.54) is 12.8 Å². The topological polar surface area (TPSA) is 55.1 Å². The van der Waals surface area contributed by atoms with Crippen LogP contribution in [0.4, 0.5) is 0 Å². The molecule has 1 aliphatic rings. The number of hydrogen-bond donors (Lipinski definition) is 1. The summed E-state index contributed by atoms with van der Waals surface area (Å²) < 4.78 is 2.02. The molecular formula is C12H17N5. The molecule has 1 N–H and O–H groups in total. The average molecular weight is 231 g/mol. The number of aryl methyl sites for hydroxylation is 1. The Morgan fingerprint density at radius 3 is 3.24 bits per heavy atom. The molecule has 1 atom stereocenters. The van der Waals surface area contributed by atoms with Crippen molar-refractivity contribution >= 4 is 5.78 Å². The predicted octanol–water partition coefficient (Wildman–Crippen LogP) is 0.975. The van der Waals surface area contributed by atoms with Crippen LogP contribution in [-0.2, 0) is 6.42 Å². The van der Waals surface area contributed by atoms with Gasteiger partial charge in [-0.1, -0.05) is 0 Å². The molecule has 90 valence electrons. The SMILES string of the molecule is Cc1cnc2nnc(CC3CCCNC3)n2c1. The summed E-state index contributed by atoms with van der Waals surface area (Å²) in [5.41, 5.74) is 1.14. The molecule has 1 fully saturated rings. The smallest absolute Gasteiger partial charge is 0.254 e. The lowest BCUT2D eigenvalue weighted by atomic mass is 9.96. The Morgan fingerprint density at radius 2 is 2.41 bits per heavy atom. The maximum absolute atomic E-state index is 4.27. The summed E-state index contributed by atoms with van der Waals surface area (Å²) in [5, 5.41) is 11.8. The minimum Gasteiger partial charge on any atom is -0.316 e. The van der Waals surface area contributed by atoms with Gasteiger partial charge in [-0.15, -0.1) is 10.2 Å². The maximum Gasteiger partial charge on any atom is 0.254 e. The van der Waals surface area contributed by atoms with Crippen LogP contribution in [0, 0.1) is 12.8 Å². The second-order valence-corrected chi connectivity index (χ2v) is 4.83. The molecule has 5 heteroatoms. The second-order valence-electron chi connectivity index (χ2n) is 4.83. The van der Waals surface area contributed by atoms with E-state index in [9.17, 15) is 0 Å².